The maximum atomic E-state index is 13.1. The summed E-state index contributed by atoms with van der Waals surface area (Å²) in [4.78, 5) is 0. The van der Waals surface area contributed by atoms with Crippen molar-refractivity contribution in [1.29, 1.82) is 0 Å². The molecule has 17 heavy (non-hydrogen) atoms. The van der Waals surface area contributed by atoms with Crippen LogP contribution in [0.15, 0.2) is 42.5 Å². The minimum absolute atomic E-state index is 0.345. The summed E-state index contributed by atoms with van der Waals surface area (Å²) in [6.45, 7) is 0.571. The number of aromatic hydroxyl groups is 1. The van der Waals surface area contributed by atoms with Gasteiger partial charge in [0.2, 0.25) is 0 Å². The predicted molar refractivity (Wildman–Crippen MR) is 66.8 cm³/mol. The van der Waals surface area contributed by atoms with Crippen molar-refractivity contribution in [3.8, 4) is 5.75 Å². The van der Waals surface area contributed by atoms with Gasteiger partial charge in [0.15, 0.2) is 11.6 Å². The Bertz CT molecular complexity index is 513. The Morgan fingerprint density at radius 2 is 1.82 bits per heavy atom. The van der Waals surface area contributed by atoms with E-state index in [1.54, 1.807) is 18.2 Å². The lowest BCUT2D eigenvalue weighted by molar-refractivity contribution is 0.432. The lowest BCUT2D eigenvalue weighted by Crippen LogP contribution is -1.99. The van der Waals surface area contributed by atoms with Crippen LogP contribution in [0, 0.1) is 5.82 Å². The van der Waals surface area contributed by atoms with Crippen LogP contribution >= 0.6 is 11.6 Å². The molecule has 88 valence electrons. The number of phenols is 1. The zero-order chi connectivity index (χ0) is 12.3. The Morgan fingerprint density at radius 1 is 1.12 bits per heavy atom. The fourth-order valence-electron chi connectivity index (χ4n) is 1.42. The largest absolute Gasteiger partial charge is 0.505 e. The highest BCUT2D eigenvalue weighted by Gasteiger charge is 2.01. The zero-order valence-corrected chi connectivity index (χ0v) is 9.71. The van der Waals surface area contributed by atoms with E-state index in [1.807, 2.05) is 12.1 Å². The van der Waals surface area contributed by atoms with Gasteiger partial charge in [-0.2, -0.15) is 0 Å². The van der Waals surface area contributed by atoms with Gasteiger partial charge in [-0.15, -0.1) is 0 Å². The maximum absolute atomic E-state index is 13.1. The molecule has 2 rings (SSSR count). The summed E-state index contributed by atoms with van der Waals surface area (Å²) in [6, 6.07) is 11.6. The third-order valence-corrected chi connectivity index (χ3v) is 2.61. The van der Waals surface area contributed by atoms with Gasteiger partial charge in [0.1, 0.15) is 0 Å². The first-order valence-corrected chi connectivity index (χ1v) is 5.50. The van der Waals surface area contributed by atoms with Crippen LogP contribution in [0.5, 0.6) is 5.75 Å². The van der Waals surface area contributed by atoms with Gasteiger partial charge in [-0.3, -0.25) is 0 Å². The average molecular weight is 252 g/mol. The van der Waals surface area contributed by atoms with Crippen LogP contribution in [0.2, 0.25) is 5.02 Å². The van der Waals surface area contributed by atoms with Crippen LogP contribution < -0.4 is 5.32 Å². The smallest absolute Gasteiger partial charge is 0.166 e. The highest BCUT2D eigenvalue weighted by atomic mass is 35.5. The molecule has 0 aliphatic rings. The Balaban J connectivity index is 2.02. The number of benzene rings is 2. The van der Waals surface area contributed by atoms with Crippen LogP contribution in [0.25, 0.3) is 0 Å². The molecule has 0 unspecified atom stereocenters. The average Bonchev–Trinajstić information content (AvgIpc) is 2.33. The molecule has 2 nitrogen and oxygen atoms in total. The summed E-state index contributed by atoms with van der Waals surface area (Å²) in [5.41, 5.74) is 1.66. The number of hydrogen-bond donors (Lipinski definition) is 2. The van der Waals surface area contributed by atoms with Crippen molar-refractivity contribution < 1.29 is 9.50 Å². The maximum Gasteiger partial charge on any atom is 0.166 e. The standard InChI is InChI=1S/C13H11ClFNO/c14-10-3-1-9(2-4-10)8-16-11-5-6-13(17)12(15)7-11/h1-7,16-17H,8H2. The van der Waals surface area contributed by atoms with E-state index < -0.39 is 5.82 Å². The first-order valence-electron chi connectivity index (χ1n) is 5.12. The molecule has 0 amide bonds. The van der Waals surface area contributed by atoms with Gasteiger partial charge in [-0.25, -0.2) is 4.39 Å². The van der Waals surface area contributed by atoms with E-state index in [-0.39, 0.29) is 5.75 Å². The minimum Gasteiger partial charge on any atom is -0.505 e. The molecular formula is C13H11ClFNO. The van der Waals surface area contributed by atoms with Crippen LogP contribution in [-0.4, -0.2) is 5.11 Å². The van der Waals surface area contributed by atoms with Crippen LogP contribution in [0.4, 0.5) is 10.1 Å². The van der Waals surface area contributed by atoms with Crippen molar-refractivity contribution in [1.82, 2.24) is 0 Å². The van der Waals surface area contributed by atoms with Gasteiger partial charge in [0, 0.05) is 23.3 Å². The normalized spacial score (nSPS) is 10.2. The predicted octanol–water partition coefficient (Wildman–Crippen LogP) is 3.80. The van der Waals surface area contributed by atoms with E-state index in [0.717, 1.165) is 5.56 Å². The van der Waals surface area contributed by atoms with Crippen LogP contribution in [-0.2, 0) is 6.54 Å². The van der Waals surface area contributed by atoms with Crippen LogP contribution in [0.3, 0.4) is 0 Å². The summed E-state index contributed by atoms with van der Waals surface area (Å²) in [6.07, 6.45) is 0. The quantitative estimate of drug-likeness (QED) is 0.814. The topological polar surface area (TPSA) is 32.3 Å². The first kappa shape index (κ1) is 11.7. The van der Waals surface area contributed by atoms with Gasteiger partial charge in [-0.1, -0.05) is 23.7 Å². The van der Waals surface area contributed by atoms with Gasteiger partial charge < -0.3 is 10.4 Å². The van der Waals surface area contributed by atoms with Gasteiger partial charge >= 0.3 is 0 Å². The summed E-state index contributed by atoms with van der Waals surface area (Å²) in [7, 11) is 0. The highest BCUT2D eigenvalue weighted by Crippen LogP contribution is 2.20. The van der Waals surface area contributed by atoms with Crippen molar-refractivity contribution >= 4 is 17.3 Å². The molecule has 2 N–H and O–H groups in total. The van der Waals surface area contributed by atoms with Gasteiger partial charge in [-0.05, 0) is 29.8 Å². The van der Waals surface area contributed by atoms with E-state index in [4.69, 9.17) is 16.7 Å². The van der Waals surface area contributed by atoms with Crippen molar-refractivity contribution in [3.63, 3.8) is 0 Å². The lowest BCUT2D eigenvalue weighted by Gasteiger charge is -2.07. The first-order chi connectivity index (χ1) is 8.15. The summed E-state index contributed by atoms with van der Waals surface area (Å²) in [5, 5.41) is 12.8. The number of nitrogens with one attached hydrogen (secondary N) is 1. The SMILES string of the molecule is Oc1ccc(NCc2ccc(Cl)cc2)cc1F. The molecule has 0 aliphatic carbocycles. The molecule has 0 heterocycles. The van der Waals surface area contributed by atoms with E-state index >= 15 is 0 Å². The molecule has 0 atom stereocenters. The van der Waals surface area contributed by atoms with E-state index in [1.165, 1.54) is 12.1 Å². The second kappa shape index (κ2) is 5.06. The van der Waals surface area contributed by atoms with Gasteiger partial charge in [0.05, 0.1) is 0 Å². The molecule has 2 aromatic rings. The molecular weight excluding hydrogens is 241 g/mol. The van der Waals surface area contributed by atoms with Crippen LogP contribution in [0.1, 0.15) is 5.56 Å². The Hall–Kier alpha value is -1.74. The number of hydrogen-bond acceptors (Lipinski definition) is 2. The van der Waals surface area contributed by atoms with E-state index in [2.05, 4.69) is 5.32 Å². The number of halogens is 2. The van der Waals surface area contributed by atoms with Crippen molar-refractivity contribution in [2.75, 3.05) is 5.32 Å². The molecule has 0 fully saturated rings. The summed E-state index contributed by atoms with van der Waals surface area (Å²) < 4.78 is 13.1. The zero-order valence-electron chi connectivity index (χ0n) is 8.95. The monoisotopic (exact) mass is 251 g/mol. The molecule has 0 saturated carbocycles. The second-order valence-electron chi connectivity index (χ2n) is 3.65. The fourth-order valence-corrected chi connectivity index (χ4v) is 1.55. The van der Waals surface area contributed by atoms with E-state index in [9.17, 15) is 4.39 Å². The van der Waals surface area contributed by atoms with Crippen molar-refractivity contribution in [3.05, 3.63) is 58.9 Å². The molecule has 0 aromatic heterocycles. The third kappa shape index (κ3) is 3.11. The molecule has 0 radical (unpaired) electrons. The number of anilines is 1. The van der Waals surface area contributed by atoms with Crippen molar-refractivity contribution in [2.45, 2.75) is 6.54 Å². The number of phenolic OH excluding ortho intramolecular Hbond substituents is 1. The molecule has 0 spiro atoms. The van der Waals surface area contributed by atoms with Crippen molar-refractivity contribution in [2.24, 2.45) is 0 Å². The summed E-state index contributed by atoms with van der Waals surface area (Å²) >= 11 is 5.77. The highest BCUT2D eigenvalue weighted by molar-refractivity contribution is 6.30. The molecule has 2 aromatic carbocycles. The molecule has 4 heteroatoms. The third-order valence-electron chi connectivity index (χ3n) is 2.36. The Morgan fingerprint density at radius 3 is 2.47 bits per heavy atom. The Kier molecular flexibility index (Phi) is 3.49. The minimum atomic E-state index is -0.633. The second-order valence-corrected chi connectivity index (χ2v) is 4.08. The number of rotatable bonds is 3. The van der Waals surface area contributed by atoms with Gasteiger partial charge in [0.25, 0.3) is 0 Å². The van der Waals surface area contributed by atoms with E-state index in [0.29, 0.717) is 17.3 Å². The Labute approximate surface area is 104 Å². The molecule has 0 aliphatic heterocycles. The molecule has 0 bridgehead atoms. The fraction of sp³-hybridized carbons (Fsp3) is 0.0769. The lowest BCUT2D eigenvalue weighted by atomic mass is 10.2. The molecule has 0 saturated heterocycles. The summed E-state index contributed by atoms with van der Waals surface area (Å²) in [5.74, 6) is -0.979.